The van der Waals surface area contributed by atoms with E-state index in [2.05, 4.69) is 30.6 Å². The predicted octanol–water partition coefficient (Wildman–Crippen LogP) is 1.65. The van der Waals surface area contributed by atoms with Crippen molar-refractivity contribution < 1.29 is 19.4 Å². The smallest absolute Gasteiger partial charge is 0.327 e. The van der Waals surface area contributed by atoms with Gasteiger partial charge in [-0.3, -0.25) is 9.59 Å². The Morgan fingerprint density at radius 2 is 2.16 bits per heavy atom. The predicted molar refractivity (Wildman–Crippen MR) is 110 cm³/mol. The summed E-state index contributed by atoms with van der Waals surface area (Å²) >= 11 is 7.64. The molecular weight excluding hydrogens is 446 g/mol. The average Bonchev–Trinajstić information content (AvgIpc) is 3.39. The number of aromatic nitrogens is 5. The molecular formula is C18H16ClN7O4S. The van der Waals surface area contributed by atoms with E-state index in [4.69, 9.17) is 21.4 Å². The molecule has 0 aliphatic carbocycles. The van der Waals surface area contributed by atoms with Crippen LogP contribution in [0.5, 0.6) is 5.75 Å². The number of nitrogens with zero attached hydrogens (tertiary/aromatic N) is 6. The van der Waals surface area contributed by atoms with E-state index in [0.29, 0.717) is 53.0 Å². The standard InChI is InChI=1S/C18H16ClN7O4S/c19-11-3-1-2-10-14(11)30-18(21-16(10)29)4-6-25(7-5-18)17-20-8-12(31-17)15-22-24-26(23-15)9-13(27)28/h1-3,8H,4-7,9H2,(H,21,29)(H,27,28). The third-order valence-corrected chi connectivity index (χ3v) is 6.49. The first-order valence-electron chi connectivity index (χ1n) is 9.43. The Kier molecular flexibility index (Phi) is 4.74. The Hall–Kier alpha value is -3.25. The number of rotatable bonds is 4. The van der Waals surface area contributed by atoms with Crippen LogP contribution in [-0.2, 0) is 11.3 Å². The van der Waals surface area contributed by atoms with Gasteiger partial charge in [0.25, 0.3) is 5.91 Å². The summed E-state index contributed by atoms with van der Waals surface area (Å²) in [5.74, 6) is -0.484. The van der Waals surface area contributed by atoms with Crippen LogP contribution >= 0.6 is 22.9 Å². The number of ether oxygens (including phenoxy) is 1. The summed E-state index contributed by atoms with van der Waals surface area (Å²) in [6, 6.07) is 5.12. The number of carboxylic acids is 1. The third-order valence-electron chi connectivity index (χ3n) is 5.14. The summed E-state index contributed by atoms with van der Waals surface area (Å²) in [7, 11) is 0. The second kappa shape index (κ2) is 7.46. The number of benzene rings is 1. The number of anilines is 1. The topological polar surface area (TPSA) is 135 Å². The zero-order valence-corrected chi connectivity index (χ0v) is 17.6. The maximum absolute atomic E-state index is 12.6. The Labute approximate surface area is 184 Å². The molecule has 3 aromatic rings. The van der Waals surface area contributed by atoms with Crippen molar-refractivity contribution in [3.8, 4) is 16.5 Å². The van der Waals surface area contributed by atoms with E-state index in [9.17, 15) is 9.59 Å². The van der Waals surface area contributed by atoms with Crippen LogP contribution in [0.2, 0.25) is 5.02 Å². The molecule has 11 nitrogen and oxygen atoms in total. The molecule has 4 heterocycles. The lowest BCUT2D eigenvalue weighted by atomic mass is 9.97. The second-order valence-corrected chi connectivity index (χ2v) is 8.61. The number of hydrogen-bond donors (Lipinski definition) is 2. The van der Waals surface area contributed by atoms with Crippen LogP contribution in [0.3, 0.4) is 0 Å². The van der Waals surface area contributed by atoms with Crippen molar-refractivity contribution in [1.29, 1.82) is 0 Å². The minimum absolute atomic E-state index is 0.191. The Balaban J connectivity index is 1.28. The molecule has 2 aromatic heterocycles. The molecule has 31 heavy (non-hydrogen) atoms. The van der Waals surface area contributed by atoms with Gasteiger partial charge in [-0.25, -0.2) is 4.98 Å². The number of nitrogens with one attached hydrogen (secondary N) is 1. The van der Waals surface area contributed by atoms with Crippen LogP contribution in [-0.4, -0.2) is 61.0 Å². The van der Waals surface area contributed by atoms with Crippen LogP contribution in [0.4, 0.5) is 5.13 Å². The summed E-state index contributed by atoms with van der Waals surface area (Å²) in [5, 5.41) is 24.7. The SMILES string of the molecule is O=C(O)Cn1nnc(-c2cnc(N3CCC4(CC3)NC(=O)c3cccc(Cl)c3O4)s2)n1. The van der Waals surface area contributed by atoms with Crippen molar-refractivity contribution in [3.05, 3.63) is 35.0 Å². The molecule has 0 bridgehead atoms. The van der Waals surface area contributed by atoms with Crippen LogP contribution in [0.1, 0.15) is 23.2 Å². The number of fused-ring (bicyclic) bond motifs is 1. The second-order valence-electron chi connectivity index (χ2n) is 7.20. The lowest BCUT2D eigenvalue weighted by molar-refractivity contribution is -0.138. The number of carboxylic acid groups (broad SMARTS) is 1. The molecule has 0 radical (unpaired) electrons. The largest absolute Gasteiger partial charge is 0.480 e. The Bertz CT molecular complexity index is 1170. The minimum Gasteiger partial charge on any atom is -0.480 e. The van der Waals surface area contributed by atoms with E-state index in [1.54, 1.807) is 24.4 Å². The van der Waals surface area contributed by atoms with Gasteiger partial charge in [0.1, 0.15) is 0 Å². The zero-order valence-electron chi connectivity index (χ0n) is 16.0. The molecule has 13 heteroatoms. The first kappa shape index (κ1) is 19.7. The highest BCUT2D eigenvalue weighted by atomic mass is 35.5. The van der Waals surface area contributed by atoms with Gasteiger partial charge in [-0.05, 0) is 17.3 Å². The summed E-state index contributed by atoms with van der Waals surface area (Å²) in [6.45, 7) is 0.879. The Morgan fingerprint density at radius 3 is 2.94 bits per heavy atom. The lowest BCUT2D eigenvalue weighted by Gasteiger charge is -2.44. The number of carbonyl (C=O) groups excluding carboxylic acids is 1. The van der Waals surface area contributed by atoms with Gasteiger partial charge in [-0.1, -0.05) is 29.0 Å². The lowest BCUT2D eigenvalue weighted by Crippen LogP contribution is -2.61. The van der Waals surface area contributed by atoms with Crippen LogP contribution < -0.4 is 15.0 Å². The number of tetrazole rings is 1. The number of carbonyl (C=O) groups is 2. The quantitative estimate of drug-likeness (QED) is 0.594. The summed E-state index contributed by atoms with van der Waals surface area (Å²) < 4.78 is 6.17. The molecule has 1 saturated heterocycles. The molecule has 2 aliphatic rings. The van der Waals surface area contributed by atoms with Gasteiger partial charge in [0.15, 0.2) is 23.2 Å². The molecule has 1 fully saturated rings. The first-order valence-corrected chi connectivity index (χ1v) is 10.6. The maximum atomic E-state index is 12.6. The fourth-order valence-electron chi connectivity index (χ4n) is 3.62. The highest BCUT2D eigenvalue weighted by Gasteiger charge is 2.43. The van der Waals surface area contributed by atoms with E-state index in [-0.39, 0.29) is 12.5 Å². The molecule has 1 amide bonds. The van der Waals surface area contributed by atoms with Crippen molar-refractivity contribution in [2.24, 2.45) is 0 Å². The van der Waals surface area contributed by atoms with Crippen molar-refractivity contribution in [2.45, 2.75) is 25.1 Å². The van der Waals surface area contributed by atoms with Crippen molar-refractivity contribution >= 4 is 39.9 Å². The molecule has 5 rings (SSSR count). The molecule has 0 atom stereocenters. The van der Waals surface area contributed by atoms with Crippen LogP contribution in [0.15, 0.2) is 24.4 Å². The van der Waals surface area contributed by atoms with Gasteiger partial charge in [-0.15, -0.1) is 10.2 Å². The summed E-state index contributed by atoms with van der Waals surface area (Å²) in [4.78, 5) is 31.6. The van der Waals surface area contributed by atoms with Gasteiger partial charge in [0.05, 0.1) is 21.7 Å². The molecule has 160 valence electrons. The highest BCUT2D eigenvalue weighted by molar-refractivity contribution is 7.18. The molecule has 0 unspecified atom stereocenters. The third kappa shape index (κ3) is 3.68. The number of halogens is 1. The van der Waals surface area contributed by atoms with Gasteiger partial charge in [-0.2, -0.15) is 4.80 Å². The van der Waals surface area contributed by atoms with Gasteiger partial charge >= 0.3 is 5.97 Å². The summed E-state index contributed by atoms with van der Waals surface area (Å²) in [5.41, 5.74) is -0.360. The molecule has 0 saturated carbocycles. The molecule has 1 spiro atoms. The first-order chi connectivity index (χ1) is 14.9. The normalized spacial score (nSPS) is 17.2. The van der Waals surface area contributed by atoms with Gasteiger partial charge in [0, 0.05) is 25.9 Å². The van der Waals surface area contributed by atoms with Crippen LogP contribution in [0, 0.1) is 0 Å². The molecule has 2 aliphatic heterocycles. The van der Waals surface area contributed by atoms with E-state index >= 15 is 0 Å². The number of amides is 1. The van der Waals surface area contributed by atoms with Crippen molar-refractivity contribution in [3.63, 3.8) is 0 Å². The van der Waals surface area contributed by atoms with Gasteiger partial charge < -0.3 is 20.1 Å². The highest BCUT2D eigenvalue weighted by Crippen LogP contribution is 2.39. The Morgan fingerprint density at radius 1 is 1.35 bits per heavy atom. The summed E-state index contributed by atoms with van der Waals surface area (Å²) in [6.07, 6.45) is 2.76. The molecule has 2 N–H and O–H groups in total. The fraction of sp³-hybridized carbons (Fsp3) is 0.333. The number of thiazole rings is 1. The number of aliphatic carboxylic acids is 1. The number of piperidine rings is 1. The van der Waals surface area contributed by atoms with E-state index in [0.717, 1.165) is 9.93 Å². The van der Waals surface area contributed by atoms with Gasteiger partial charge in [0.2, 0.25) is 5.82 Å². The average molecular weight is 462 g/mol. The van der Waals surface area contributed by atoms with Crippen molar-refractivity contribution in [1.82, 2.24) is 30.5 Å². The zero-order chi connectivity index (χ0) is 21.6. The van der Waals surface area contributed by atoms with E-state index < -0.39 is 11.7 Å². The van der Waals surface area contributed by atoms with E-state index in [1.165, 1.54) is 11.3 Å². The van der Waals surface area contributed by atoms with Crippen LogP contribution in [0.25, 0.3) is 10.7 Å². The fourth-order valence-corrected chi connectivity index (χ4v) is 4.72. The molecule has 1 aromatic carbocycles. The monoisotopic (exact) mass is 461 g/mol. The van der Waals surface area contributed by atoms with E-state index in [1.807, 2.05) is 0 Å². The maximum Gasteiger partial charge on any atom is 0.327 e. The van der Waals surface area contributed by atoms with Crippen molar-refractivity contribution in [2.75, 3.05) is 18.0 Å². The minimum atomic E-state index is -1.04. The number of para-hydroxylation sites is 1. The number of hydrogen-bond acceptors (Lipinski definition) is 9.